The highest BCUT2D eigenvalue weighted by Crippen LogP contribution is 2.33. The lowest BCUT2D eigenvalue weighted by atomic mass is 10.1. The van der Waals surface area contributed by atoms with Crippen molar-refractivity contribution in [3.63, 3.8) is 0 Å². The molecule has 0 saturated heterocycles. The molecule has 0 unspecified atom stereocenters. The van der Waals surface area contributed by atoms with Gasteiger partial charge in [-0.15, -0.1) is 11.3 Å². The quantitative estimate of drug-likeness (QED) is 0.447. The number of pyridine rings is 1. The fraction of sp³-hybridized carbons (Fsp3) is 0.0952. The van der Waals surface area contributed by atoms with Crippen LogP contribution in [0.5, 0.6) is 11.5 Å². The van der Waals surface area contributed by atoms with Crippen LogP contribution in [0.4, 0.5) is 5.69 Å². The molecule has 0 atom stereocenters. The minimum Gasteiger partial charge on any atom is -0.497 e. The molecule has 0 N–H and O–H groups in total. The van der Waals surface area contributed by atoms with Gasteiger partial charge in [0.15, 0.2) is 0 Å². The Labute approximate surface area is 171 Å². The lowest BCUT2D eigenvalue weighted by Gasteiger charge is -2.10. The van der Waals surface area contributed by atoms with Crippen LogP contribution in [0.15, 0.2) is 81.0 Å². The molecule has 0 amide bonds. The maximum Gasteiger partial charge on any atom is 0.211 e. The Hall–Kier alpha value is -3.65. The number of hydrogen-bond donors (Lipinski definition) is 0. The lowest BCUT2D eigenvalue weighted by molar-refractivity contribution is 0.395. The maximum atomic E-state index is 5.58. The Balaban J connectivity index is 1.88. The molecule has 0 aliphatic heterocycles. The number of aromatic nitrogens is 2. The molecule has 0 fully saturated rings. The van der Waals surface area contributed by atoms with Gasteiger partial charge in [-0.05, 0) is 36.4 Å². The van der Waals surface area contributed by atoms with Gasteiger partial charge < -0.3 is 13.9 Å². The zero-order chi connectivity index (χ0) is 20.1. The second-order valence-electron chi connectivity index (χ2n) is 5.86. The van der Waals surface area contributed by atoms with E-state index in [9.17, 15) is 0 Å². The first kappa shape index (κ1) is 18.7. The van der Waals surface area contributed by atoms with Crippen molar-refractivity contribution in [2.75, 3.05) is 14.2 Å². The van der Waals surface area contributed by atoms with Gasteiger partial charge >= 0.3 is 0 Å². The van der Waals surface area contributed by atoms with Gasteiger partial charge in [0.1, 0.15) is 17.3 Å². The molecule has 7 nitrogen and oxygen atoms in total. The minimum absolute atomic E-state index is 0.642. The molecule has 0 saturated carbocycles. The molecule has 146 valence electrons. The van der Waals surface area contributed by atoms with Gasteiger partial charge in [-0.25, -0.2) is 9.67 Å². The normalized spacial score (nSPS) is 11.9. The van der Waals surface area contributed by atoms with E-state index in [0.29, 0.717) is 22.1 Å². The monoisotopic (exact) mass is 406 g/mol. The average Bonchev–Trinajstić information content (AvgIpc) is 3.42. The van der Waals surface area contributed by atoms with E-state index >= 15 is 0 Å². The molecule has 1 aromatic carbocycles. The summed E-state index contributed by atoms with van der Waals surface area (Å²) in [6, 6.07) is 13.0. The Kier molecular flexibility index (Phi) is 5.53. The molecule has 3 heterocycles. The van der Waals surface area contributed by atoms with E-state index in [-0.39, 0.29) is 0 Å². The SMILES string of the molecule is COc1ccc(-c2csc(=Nc3cccnc3)n2N=Cc2ccco2)c(OC)c1. The van der Waals surface area contributed by atoms with Gasteiger partial charge in [0.2, 0.25) is 4.80 Å². The molecule has 4 aromatic rings. The van der Waals surface area contributed by atoms with Crippen LogP contribution in [-0.4, -0.2) is 30.1 Å². The van der Waals surface area contributed by atoms with Gasteiger partial charge in [-0.2, -0.15) is 5.10 Å². The molecule has 29 heavy (non-hydrogen) atoms. The summed E-state index contributed by atoms with van der Waals surface area (Å²) < 4.78 is 18.0. The summed E-state index contributed by atoms with van der Waals surface area (Å²) >= 11 is 1.47. The largest absolute Gasteiger partial charge is 0.497 e. The van der Waals surface area contributed by atoms with Crippen LogP contribution in [0.2, 0.25) is 0 Å². The third-order valence-corrected chi connectivity index (χ3v) is 4.90. The van der Waals surface area contributed by atoms with Gasteiger partial charge in [-0.3, -0.25) is 4.98 Å². The van der Waals surface area contributed by atoms with Crippen molar-refractivity contribution in [1.82, 2.24) is 9.66 Å². The highest BCUT2D eigenvalue weighted by molar-refractivity contribution is 7.07. The van der Waals surface area contributed by atoms with E-state index in [1.807, 2.05) is 47.8 Å². The Bertz CT molecular complexity index is 1180. The number of methoxy groups -OCH3 is 2. The fourth-order valence-electron chi connectivity index (χ4n) is 2.69. The summed E-state index contributed by atoms with van der Waals surface area (Å²) in [6.45, 7) is 0. The van der Waals surface area contributed by atoms with E-state index in [4.69, 9.17) is 13.9 Å². The zero-order valence-electron chi connectivity index (χ0n) is 15.9. The molecule has 4 rings (SSSR count). The van der Waals surface area contributed by atoms with Crippen LogP contribution in [-0.2, 0) is 0 Å². The summed E-state index contributed by atoms with van der Waals surface area (Å²) in [7, 11) is 3.25. The summed E-state index contributed by atoms with van der Waals surface area (Å²) in [5.74, 6) is 2.03. The van der Waals surface area contributed by atoms with Crippen molar-refractivity contribution in [2.45, 2.75) is 0 Å². The molecule has 8 heteroatoms. The molecule has 0 spiro atoms. The minimum atomic E-state index is 0.642. The first-order valence-corrected chi connectivity index (χ1v) is 9.62. The number of ether oxygens (including phenoxy) is 2. The first-order valence-electron chi connectivity index (χ1n) is 8.74. The van der Waals surface area contributed by atoms with Crippen LogP contribution in [0.3, 0.4) is 0 Å². The average molecular weight is 406 g/mol. The first-order chi connectivity index (χ1) is 14.3. The van der Waals surface area contributed by atoms with Crippen molar-refractivity contribution in [2.24, 2.45) is 10.1 Å². The Morgan fingerprint density at radius 1 is 1.14 bits per heavy atom. The predicted octanol–water partition coefficient (Wildman–Crippen LogP) is 4.34. The van der Waals surface area contributed by atoms with Crippen molar-refractivity contribution in [3.05, 3.63) is 77.1 Å². The standard InChI is InChI=1S/C21H18N4O3S/c1-26-16-7-8-18(20(11-16)27-2)19-14-29-21(24-15-5-3-9-22-12-15)25(19)23-13-17-6-4-10-28-17/h3-14H,1-2H3. The molecular formula is C21H18N4O3S. The van der Waals surface area contributed by atoms with Crippen LogP contribution in [0.25, 0.3) is 11.3 Å². The van der Waals surface area contributed by atoms with Crippen LogP contribution >= 0.6 is 11.3 Å². The third kappa shape index (κ3) is 4.12. The highest BCUT2D eigenvalue weighted by atomic mass is 32.1. The summed E-state index contributed by atoms with van der Waals surface area (Å²) in [6.07, 6.45) is 6.67. The summed E-state index contributed by atoms with van der Waals surface area (Å²) in [5.41, 5.74) is 2.44. The van der Waals surface area contributed by atoms with Crippen LogP contribution < -0.4 is 14.3 Å². The van der Waals surface area contributed by atoms with E-state index in [1.165, 1.54) is 11.3 Å². The van der Waals surface area contributed by atoms with Gasteiger partial charge in [0.25, 0.3) is 0 Å². The number of thiazole rings is 1. The van der Waals surface area contributed by atoms with Crippen LogP contribution in [0.1, 0.15) is 5.76 Å². The predicted molar refractivity (Wildman–Crippen MR) is 112 cm³/mol. The van der Waals surface area contributed by atoms with Crippen molar-refractivity contribution in [3.8, 4) is 22.8 Å². The molecule has 3 aromatic heterocycles. The smallest absolute Gasteiger partial charge is 0.211 e. The van der Waals surface area contributed by atoms with E-state index in [0.717, 1.165) is 16.9 Å². The van der Waals surface area contributed by atoms with Crippen molar-refractivity contribution in [1.29, 1.82) is 0 Å². The van der Waals surface area contributed by atoms with E-state index < -0.39 is 0 Å². The Morgan fingerprint density at radius 2 is 2.07 bits per heavy atom. The number of nitrogens with zero attached hydrogens (tertiary/aromatic N) is 4. The summed E-state index contributed by atoms with van der Waals surface area (Å²) in [4.78, 5) is 9.50. The lowest BCUT2D eigenvalue weighted by Crippen LogP contribution is -2.11. The Morgan fingerprint density at radius 3 is 2.79 bits per heavy atom. The van der Waals surface area contributed by atoms with E-state index in [1.54, 1.807) is 43.8 Å². The second-order valence-corrected chi connectivity index (χ2v) is 6.70. The number of rotatable bonds is 6. The second kappa shape index (κ2) is 8.57. The van der Waals surface area contributed by atoms with Crippen molar-refractivity contribution >= 4 is 23.2 Å². The molecular weight excluding hydrogens is 388 g/mol. The molecule has 0 radical (unpaired) electrons. The highest BCUT2D eigenvalue weighted by Gasteiger charge is 2.14. The number of hydrogen-bond acceptors (Lipinski definition) is 7. The topological polar surface area (TPSA) is 74.1 Å². The van der Waals surface area contributed by atoms with Gasteiger partial charge in [-0.1, -0.05) is 0 Å². The number of furan rings is 1. The molecule has 0 aliphatic rings. The van der Waals surface area contributed by atoms with Gasteiger partial charge in [0, 0.05) is 23.2 Å². The molecule has 0 bridgehead atoms. The zero-order valence-corrected chi connectivity index (χ0v) is 16.7. The maximum absolute atomic E-state index is 5.58. The third-order valence-electron chi connectivity index (χ3n) is 4.08. The van der Waals surface area contributed by atoms with Crippen LogP contribution in [0, 0.1) is 0 Å². The van der Waals surface area contributed by atoms with E-state index in [2.05, 4.69) is 15.1 Å². The van der Waals surface area contributed by atoms with Crippen molar-refractivity contribution < 1.29 is 13.9 Å². The molecule has 0 aliphatic carbocycles. The van der Waals surface area contributed by atoms with Gasteiger partial charge in [0.05, 0.1) is 44.3 Å². The number of benzene rings is 1. The fourth-order valence-corrected chi connectivity index (χ4v) is 3.54. The summed E-state index contributed by atoms with van der Waals surface area (Å²) in [5, 5.41) is 6.59.